The number of pyridine rings is 3. The van der Waals surface area contributed by atoms with E-state index in [2.05, 4.69) is 25.1 Å². The Morgan fingerprint density at radius 3 is 2.33 bits per heavy atom. The molecule has 0 fully saturated rings. The van der Waals surface area contributed by atoms with Gasteiger partial charge in [0.05, 0.1) is 11.9 Å². The third kappa shape index (κ3) is 3.84. The highest BCUT2D eigenvalue weighted by Gasteiger charge is 2.15. The van der Waals surface area contributed by atoms with Crippen molar-refractivity contribution in [1.29, 1.82) is 0 Å². The molecule has 6 rings (SSSR count). The van der Waals surface area contributed by atoms with Crippen LogP contribution in [0.4, 0.5) is 14.6 Å². The Morgan fingerprint density at radius 1 is 0.722 bits per heavy atom. The summed E-state index contributed by atoms with van der Waals surface area (Å²) in [6.45, 7) is 0. The molecule has 0 aliphatic carbocycles. The summed E-state index contributed by atoms with van der Waals surface area (Å²) in [5.74, 6) is -0.592. The summed E-state index contributed by atoms with van der Waals surface area (Å²) in [5.41, 5.74) is 11.9. The molecule has 0 saturated carbocycles. The molecule has 36 heavy (non-hydrogen) atoms. The molecule has 0 unspecified atom stereocenters. The monoisotopic (exact) mass is 476 g/mol. The summed E-state index contributed by atoms with van der Waals surface area (Å²) in [5, 5.41) is 7.49. The zero-order valence-electron chi connectivity index (χ0n) is 18.8. The van der Waals surface area contributed by atoms with E-state index in [1.165, 1.54) is 0 Å². The summed E-state index contributed by atoms with van der Waals surface area (Å²) < 4.78 is 28.5. The number of hydrogen-bond donors (Lipinski definition) is 2. The number of nitrogen functional groups attached to an aromatic ring is 1. The first-order valence-electron chi connectivity index (χ1n) is 11.1. The van der Waals surface area contributed by atoms with Gasteiger partial charge in [-0.15, -0.1) is 0 Å². The fourth-order valence-corrected chi connectivity index (χ4v) is 4.24. The Bertz CT molecular complexity index is 1730. The van der Waals surface area contributed by atoms with Crippen LogP contribution in [0.2, 0.25) is 0 Å². The number of anilines is 1. The number of benzene rings is 2. The normalized spacial score (nSPS) is 11.2. The van der Waals surface area contributed by atoms with E-state index in [1.54, 1.807) is 30.9 Å². The first kappa shape index (κ1) is 21.5. The first-order valence-corrected chi connectivity index (χ1v) is 11.1. The highest BCUT2D eigenvalue weighted by atomic mass is 19.1. The molecule has 4 heterocycles. The summed E-state index contributed by atoms with van der Waals surface area (Å²) in [6, 6.07) is 18.7. The average Bonchev–Trinajstić information content (AvgIpc) is 3.35. The van der Waals surface area contributed by atoms with Crippen molar-refractivity contribution >= 4 is 16.9 Å². The van der Waals surface area contributed by atoms with Gasteiger partial charge < -0.3 is 5.73 Å². The van der Waals surface area contributed by atoms with Crippen LogP contribution >= 0.6 is 0 Å². The number of rotatable bonds is 4. The van der Waals surface area contributed by atoms with Crippen LogP contribution < -0.4 is 5.73 Å². The van der Waals surface area contributed by atoms with Gasteiger partial charge in [-0.25, -0.2) is 18.7 Å². The molecular weight excluding hydrogens is 458 g/mol. The number of aromatic amines is 1. The molecule has 6 nitrogen and oxygen atoms in total. The Kier molecular flexibility index (Phi) is 5.19. The van der Waals surface area contributed by atoms with Crippen molar-refractivity contribution in [3.05, 3.63) is 103 Å². The van der Waals surface area contributed by atoms with Gasteiger partial charge in [0.2, 0.25) is 0 Å². The molecule has 0 saturated heterocycles. The fourth-order valence-electron chi connectivity index (χ4n) is 4.24. The standard InChI is InChI=1S/C28H18F2N6/c29-20-7-8-25(30)23(11-20)26-12-22(21-2-1-9-33-28(21)35-26)19-10-18(13-32-14-19)16-3-5-17(6-4-16)24-15-34-36-27(24)31/h1-15H,(H3,31,34,36). The summed E-state index contributed by atoms with van der Waals surface area (Å²) in [6.07, 6.45) is 6.82. The molecular formula is C28H18F2N6. The van der Waals surface area contributed by atoms with E-state index in [9.17, 15) is 8.78 Å². The van der Waals surface area contributed by atoms with Crippen molar-refractivity contribution in [2.45, 2.75) is 0 Å². The van der Waals surface area contributed by atoms with Crippen LogP contribution in [0.3, 0.4) is 0 Å². The maximum absolute atomic E-state index is 14.6. The molecule has 2 aromatic carbocycles. The zero-order valence-corrected chi connectivity index (χ0v) is 18.8. The third-order valence-electron chi connectivity index (χ3n) is 6.04. The second-order valence-electron chi connectivity index (χ2n) is 8.29. The average molecular weight is 476 g/mol. The second-order valence-corrected chi connectivity index (χ2v) is 8.29. The van der Waals surface area contributed by atoms with E-state index in [4.69, 9.17) is 5.73 Å². The Labute approximate surface area is 204 Å². The Morgan fingerprint density at radius 2 is 1.53 bits per heavy atom. The molecule has 0 spiro atoms. The molecule has 0 atom stereocenters. The fraction of sp³-hybridized carbons (Fsp3) is 0. The minimum Gasteiger partial charge on any atom is -0.384 e. The lowest BCUT2D eigenvalue weighted by Crippen LogP contribution is -1.95. The van der Waals surface area contributed by atoms with E-state index in [0.717, 1.165) is 57.0 Å². The van der Waals surface area contributed by atoms with Gasteiger partial charge in [0, 0.05) is 46.2 Å². The number of H-pyrrole nitrogens is 1. The van der Waals surface area contributed by atoms with Crippen molar-refractivity contribution in [2.75, 3.05) is 5.73 Å². The van der Waals surface area contributed by atoms with Crippen molar-refractivity contribution < 1.29 is 8.78 Å². The molecule has 0 aliphatic heterocycles. The smallest absolute Gasteiger partial charge is 0.160 e. The van der Waals surface area contributed by atoms with E-state index >= 15 is 0 Å². The minimum atomic E-state index is -0.560. The molecule has 0 bridgehead atoms. The van der Waals surface area contributed by atoms with Crippen LogP contribution in [0.15, 0.2) is 91.5 Å². The van der Waals surface area contributed by atoms with Gasteiger partial charge in [-0.1, -0.05) is 24.3 Å². The predicted octanol–water partition coefficient (Wildman–Crippen LogP) is 6.28. The first-order chi connectivity index (χ1) is 17.6. The van der Waals surface area contributed by atoms with Crippen LogP contribution in [0, 0.1) is 11.6 Å². The lowest BCUT2D eigenvalue weighted by molar-refractivity contribution is 0.602. The summed E-state index contributed by atoms with van der Waals surface area (Å²) in [7, 11) is 0. The van der Waals surface area contributed by atoms with E-state index in [1.807, 2.05) is 42.5 Å². The largest absolute Gasteiger partial charge is 0.384 e. The number of halogens is 2. The van der Waals surface area contributed by atoms with E-state index < -0.39 is 11.6 Å². The van der Waals surface area contributed by atoms with E-state index in [-0.39, 0.29) is 5.56 Å². The number of nitrogens with one attached hydrogen (secondary N) is 1. The van der Waals surface area contributed by atoms with Crippen molar-refractivity contribution in [2.24, 2.45) is 0 Å². The zero-order chi connectivity index (χ0) is 24.6. The van der Waals surface area contributed by atoms with Gasteiger partial charge in [-0.3, -0.25) is 10.1 Å². The lowest BCUT2D eigenvalue weighted by atomic mass is 9.97. The van der Waals surface area contributed by atoms with E-state index in [0.29, 0.717) is 17.2 Å². The Balaban J connectivity index is 1.46. The van der Waals surface area contributed by atoms with Gasteiger partial charge in [0.25, 0.3) is 0 Å². The van der Waals surface area contributed by atoms with Gasteiger partial charge in [0.1, 0.15) is 17.5 Å². The third-order valence-corrected chi connectivity index (χ3v) is 6.04. The lowest BCUT2D eigenvalue weighted by Gasteiger charge is -2.11. The molecule has 8 heteroatoms. The molecule has 6 aromatic rings. The maximum atomic E-state index is 14.6. The van der Waals surface area contributed by atoms with Crippen LogP contribution in [0.25, 0.3) is 55.7 Å². The van der Waals surface area contributed by atoms with Gasteiger partial charge in [-0.05, 0) is 59.2 Å². The highest BCUT2D eigenvalue weighted by Crippen LogP contribution is 2.34. The van der Waals surface area contributed by atoms with Gasteiger partial charge >= 0.3 is 0 Å². The van der Waals surface area contributed by atoms with Gasteiger partial charge in [0.15, 0.2) is 5.65 Å². The number of hydrogen-bond acceptors (Lipinski definition) is 5. The molecule has 3 N–H and O–H groups in total. The topological polar surface area (TPSA) is 93.4 Å². The number of fused-ring (bicyclic) bond motifs is 1. The van der Waals surface area contributed by atoms with Gasteiger partial charge in [-0.2, -0.15) is 5.10 Å². The quantitative estimate of drug-likeness (QED) is 0.313. The summed E-state index contributed by atoms with van der Waals surface area (Å²) >= 11 is 0. The Hall–Kier alpha value is -4.98. The van der Waals surface area contributed by atoms with Crippen molar-refractivity contribution in [3.8, 4) is 44.6 Å². The van der Waals surface area contributed by atoms with Crippen LogP contribution in [-0.4, -0.2) is 25.1 Å². The molecule has 4 aromatic heterocycles. The molecule has 0 radical (unpaired) electrons. The second kappa shape index (κ2) is 8.66. The number of nitrogens with two attached hydrogens (primary N) is 1. The van der Waals surface area contributed by atoms with Crippen LogP contribution in [0.5, 0.6) is 0 Å². The van der Waals surface area contributed by atoms with Crippen LogP contribution in [0.1, 0.15) is 0 Å². The SMILES string of the molecule is Nc1[nH]ncc1-c1ccc(-c2cncc(-c3cc(-c4cc(F)ccc4F)nc4ncccc34)c2)cc1. The number of nitrogens with zero attached hydrogens (tertiary/aromatic N) is 4. The molecule has 0 amide bonds. The molecule has 174 valence electrons. The highest BCUT2D eigenvalue weighted by molar-refractivity contribution is 5.95. The minimum absolute atomic E-state index is 0.0713. The molecule has 0 aliphatic rings. The summed E-state index contributed by atoms with van der Waals surface area (Å²) in [4.78, 5) is 13.3. The van der Waals surface area contributed by atoms with Crippen molar-refractivity contribution in [1.82, 2.24) is 25.1 Å². The maximum Gasteiger partial charge on any atom is 0.160 e. The number of aromatic nitrogens is 5. The van der Waals surface area contributed by atoms with Crippen LogP contribution in [-0.2, 0) is 0 Å². The van der Waals surface area contributed by atoms with Crippen molar-refractivity contribution in [3.63, 3.8) is 0 Å². The predicted molar refractivity (Wildman–Crippen MR) is 136 cm³/mol.